The largest absolute Gasteiger partial charge is 0.495 e. The molecule has 12 heteroatoms. The average Bonchev–Trinajstić information content (AvgIpc) is 3.51. The molecule has 8 nitrogen and oxygen atoms in total. The first-order valence-corrected chi connectivity index (χ1v) is 16.6. The molecule has 0 spiro atoms. The molecule has 1 aliphatic rings. The van der Waals surface area contributed by atoms with Crippen LogP contribution in [0.5, 0.6) is 5.75 Å². The van der Waals surface area contributed by atoms with Gasteiger partial charge in [-0.05, 0) is 67.3 Å². The van der Waals surface area contributed by atoms with Crippen molar-refractivity contribution in [3.63, 3.8) is 0 Å². The Morgan fingerprint density at radius 3 is 2.30 bits per heavy atom. The lowest BCUT2D eigenvalue weighted by Crippen LogP contribution is -2.53. The summed E-state index contributed by atoms with van der Waals surface area (Å²) in [5.41, 5.74) is 0.720. The van der Waals surface area contributed by atoms with Gasteiger partial charge in [0.05, 0.1) is 27.7 Å². The predicted octanol–water partition coefficient (Wildman–Crippen LogP) is 6.72. The number of amides is 2. The van der Waals surface area contributed by atoms with Gasteiger partial charge in [0.2, 0.25) is 11.8 Å². The van der Waals surface area contributed by atoms with E-state index >= 15 is 0 Å². The highest BCUT2D eigenvalue weighted by Crippen LogP contribution is 2.35. The summed E-state index contributed by atoms with van der Waals surface area (Å²) in [6.45, 7) is 1.19. The number of nitrogens with zero attached hydrogens (tertiary/aromatic N) is 2. The zero-order valence-corrected chi connectivity index (χ0v) is 27.0. The van der Waals surface area contributed by atoms with Gasteiger partial charge in [-0.3, -0.25) is 13.9 Å². The topological polar surface area (TPSA) is 96.0 Å². The van der Waals surface area contributed by atoms with Crippen molar-refractivity contribution in [2.75, 3.05) is 18.0 Å². The fourth-order valence-electron chi connectivity index (χ4n) is 5.21. The highest BCUT2D eigenvalue weighted by atomic mass is 35.5. The van der Waals surface area contributed by atoms with Crippen LogP contribution in [0.25, 0.3) is 0 Å². The average molecular weight is 667 g/mol. The standard InChI is InChI=1S/C31H34Cl3N3O5S/c1-3-27(31(39)35-23-9-7-8-10-23)36(19-21-13-15-25(33)26(34)17-21)30(38)20-37(28-18-22(32)14-16-29(28)42-2)43(40,41)24-11-5-4-6-12-24/h4-6,11-18,23,27H,3,7-10,19-20H2,1-2H3,(H,35,39)/t27-/m1/s1. The zero-order valence-electron chi connectivity index (χ0n) is 23.9. The van der Waals surface area contributed by atoms with Gasteiger partial charge >= 0.3 is 0 Å². The van der Waals surface area contributed by atoms with E-state index < -0.39 is 28.5 Å². The first kappa shape index (κ1) is 32.9. The number of halogens is 3. The van der Waals surface area contributed by atoms with Gasteiger partial charge in [-0.1, -0.05) is 78.8 Å². The monoisotopic (exact) mass is 665 g/mol. The van der Waals surface area contributed by atoms with Crippen molar-refractivity contribution in [2.45, 2.75) is 62.6 Å². The van der Waals surface area contributed by atoms with Crippen LogP contribution < -0.4 is 14.4 Å². The molecule has 43 heavy (non-hydrogen) atoms. The first-order chi connectivity index (χ1) is 20.5. The molecular weight excluding hydrogens is 633 g/mol. The fraction of sp³-hybridized carbons (Fsp3) is 0.355. The third-order valence-corrected chi connectivity index (χ3v) is 10.2. The van der Waals surface area contributed by atoms with Crippen LogP contribution in [0.3, 0.4) is 0 Å². The zero-order chi connectivity index (χ0) is 31.1. The van der Waals surface area contributed by atoms with Gasteiger partial charge in [-0.2, -0.15) is 0 Å². The minimum Gasteiger partial charge on any atom is -0.495 e. The quantitative estimate of drug-likeness (QED) is 0.232. The number of carbonyl (C=O) groups is 2. The molecule has 1 aliphatic carbocycles. The molecule has 230 valence electrons. The van der Waals surface area contributed by atoms with Crippen molar-refractivity contribution >= 4 is 62.3 Å². The second-order valence-electron chi connectivity index (χ2n) is 10.3. The van der Waals surface area contributed by atoms with E-state index in [1.54, 1.807) is 42.5 Å². The summed E-state index contributed by atoms with van der Waals surface area (Å²) >= 11 is 18.7. The van der Waals surface area contributed by atoms with Gasteiger partial charge in [0, 0.05) is 17.6 Å². The molecule has 3 aromatic carbocycles. The number of carbonyl (C=O) groups excluding carboxylic acids is 2. The number of nitrogens with one attached hydrogen (secondary N) is 1. The van der Waals surface area contributed by atoms with Gasteiger partial charge in [0.15, 0.2) is 0 Å². The van der Waals surface area contributed by atoms with Gasteiger partial charge in [-0.15, -0.1) is 0 Å². The summed E-state index contributed by atoms with van der Waals surface area (Å²) in [6, 6.07) is 16.4. The number of ether oxygens (including phenoxy) is 1. The third-order valence-electron chi connectivity index (χ3n) is 7.44. The smallest absolute Gasteiger partial charge is 0.264 e. The van der Waals surface area contributed by atoms with Gasteiger partial charge in [0.25, 0.3) is 10.0 Å². The molecule has 1 fully saturated rings. The maximum Gasteiger partial charge on any atom is 0.264 e. The molecule has 1 N–H and O–H groups in total. The van der Waals surface area contributed by atoms with E-state index in [0.717, 1.165) is 30.0 Å². The molecule has 1 atom stereocenters. The van der Waals surface area contributed by atoms with E-state index in [1.165, 1.54) is 36.3 Å². The normalized spacial score (nSPS) is 14.3. The maximum atomic E-state index is 14.3. The lowest BCUT2D eigenvalue weighted by Gasteiger charge is -2.34. The number of rotatable bonds is 12. The Kier molecular flexibility index (Phi) is 11.2. The Hall–Kier alpha value is -2.98. The number of anilines is 1. The molecule has 3 aromatic rings. The fourth-order valence-corrected chi connectivity index (χ4v) is 7.14. The number of hydrogen-bond donors (Lipinski definition) is 1. The summed E-state index contributed by atoms with van der Waals surface area (Å²) in [5, 5.41) is 3.99. The maximum absolute atomic E-state index is 14.3. The minimum absolute atomic E-state index is 0.00176. The van der Waals surface area contributed by atoms with Gasteiger partial charge < -0.3 is 15.0 Å². The van der Waals surface area contributed by atoms with E-state index in [-0.39, 0.29) is 39.8 Å². The third kappa shape index (κ3) is 7.95. The molecule has 4 rings (SSSR count). The Labute approximate surface area is 267 Å². The lowest BCUT2D eigenvalue weighted by atomic mass is 10.1. The van der Waals surface area contributed by atoms with Crippen LogP contribution in [0.2, 0.25) is 15.1 Å². The van der Waals surface area contributed by atoms with E-state index in [0.29, 0.717) is 22.0 Å². The van der Waals surface area contributed by atoms with Crippen molar-refractivity contribution in [3.8, 4) is 5.75 Å². The Morgan fingerprint density at radius 1 is 0.977 bits per heavy atom. The molecule has 0 aromatic heterocycles. The number of hydrogen-bond acceptors (Lipinski definition) is 5. The molecule has 0 saturated heterocycles. The molecule has 0 unspecified atom stereocenters. The molecular formula is C31H34Cl3N3O5S. The van der Waals surface area contributed by atoms with Gasteiger partial charge in [-0.25, -0.2) is 8.42 Å². The van der Waals surface area contributed by atoms with Crippen LogP contribution in [0.1, 0.15) is 44.6 Å². The van der Waals surface area contributed by atoms with Crippen LogP contribution >= 0.6 is 34.8 Å². The van der Waals surface area contributed by atoms with Crippen LogP contribution in [0, 0.1) is 0 Å². The van der Waals surface area contributed by atoms with Crippen molar-refractivity contribution in [1.82, 2.24) is 10.2 Å². The first-order valence-electron chi connectivity index (χ1n) is 14.0. The summed E-state index contributed by atoms with van der Waals surface area (Å²) in [4.78, 5) is 29.3. The molecule has 0 aliphatic heterocycles. The summed E-state index contributed by atoms with van der Waals surface area (Å²) in [6.07, 6.45) is 4.11. The van der Waals surface area contributed by atoms with Crippen LogP contribution in [-0.4, -0.2) is 50.9 Å². The molecule has 0 bridgehead atoms. The second-order valence-corrected chi connectivity index (χ2v) is 13.4. The number of benzene rings is 3. The van der Waals surface area contributed by atoms with Crippen molar-refractivity contribution in [3.05, 3.63) is 87.4 Å². The highest BCUT2D eigenvalue weighted by Gasteiger charge is 2.35. The van der Waals surface area contributed by atoms with E-state index in [4.69, 9.17) is 39.5 Å². The summed E-state index contributed by atoms with van der Waals surface area (Å²) < 4.78 is 34.6. The molecule has 0 heterocycles. The van der Waals surface area contributed by atoms with Gasteiger partial charge in [0.1, 0.15) is 18.3 Å². The molecule has 1 saturated carbocycles. The van der Waals surface area contributed by atoms with Crippen LogP contribution in [-0.2, 0) is 26.2 Å². The minimum atomic E-state index is -4.28. The van der Waals surface area contributed by atoms with E-state index in [2.05, 4.69) is 5.32 Å². The predicted molar refractivity (Wildman–Crippen MR) is 170 cm³/mol. The Morgan fingerprint density at radius 2 is 1.67 bits per heavy atom. The molecule has 2 amide bonds. The number of sulfonamides is 1. The molecule has 0 radical (unpaired) electrons. The number of methoxy groups -OCH3 is 1. The summed E-state index contributed by atoms with van der Waals surface area (Å²) in [7, 11) is -2.88. The highest BCUT2D eigenvalue weighted by molar-refractivity contribution is 7.92. The van der Waals surface area contributed by atoms with Crippen LogP contribution in [0.15, 0.2) is 71.6 Å². The Bertz CT molecular complexity index is 1550. The summed E-state index contributed by atoms with van der Waals surface area (Å²) in [5.74, 6) is -0.680. The lowest BCUT2D eigenvalue weighted by molar-refractivity contribution is -0.140. The Balaban J connectivity index is 1.77. The van der Waals surface area contributed by atoms with Crippen molar-refractivity contribution < 1.29 is 22.7 Å². The van der Waals surface area contributed by atoms with E-state index in [9.17, 15) is 18.0 Å². The van der Waals surface area contributed by atoms with Crippen molar-refractivity contribution in [2.24, 2.45) is 0 Å². The SMILES string of the molecule is CC[C@H](C(=O)NC1CCCC1)N(Cc1ccc(Cl)c(Cl)c1)C(=O)CN(c1cc(Cl)ccc1OC)S(=O)(=O)c1ccccc1. The second kappa shape index (κ2) is 14.7. The van der Waals surface area contributed by atoms with Crippen LogP contribution in [0.4, 0.5) is 5.69 Å². The van der Waals surface area contributed by atoms with E-state index in [1.807, 2.05) is 6.92 Å². The van der Waals surface area contributed by atoms with Crippen molar-refractivity contribution in [1.29, 1.82) is 0 Å².